The molecule has 0 bridgehead atoms. The molecule has 0 aliphatic rings. The molecule has 1 heterocycles. The van der Waals surface area contributed by atoms with Gasteiger partial charge in [-0.05, 0) is 6.42 Å². The number of nitrogens with one attached hydrogen (secondary N) is 2. The number of H-pyrrole nitrogens is 1. The lowest BCUT2D eigenvalue weighted by molar-refractivity contribution is -0.116. The summed E-state index contributed by atoms with van der Waals surface area (Å²) in [5, 5.41) is 9.00. The van der Waals surface area contributed by atoms with Gasteiger partial charge in [-0.15, -0.1) is 0 Å². The molecule has 60 valence electrons. The average Bonchev–Trinajstić information content (AvgIpc) is 2.40. The van der Waals surface area contributed by atoms with Gasteiger partial charge in [0.05, 0.1) is 11.9 Å². The minimum Gasteiger partial charge on any atom is -0.323 e. The van der Waals surface area contributed by atoms with Crippen molar-refractivity contribution in [2.75, 3.05) is 5.32 Å². The van der Waals surface area contributed by atoms with E-state index in [-0.39, 0.29) is 5.91 Å². The third-order valence-corrected chi connectivity index (χ3v) is 1.26. The van der Waals surface area contributed by atoms with Crippen molar-refractivity contribution in [3.05, 3.63) is 12.4 Å². The molecular weight excluding hydrogens is 142 g/mol. The molecule has 1 amide bonds. The molecule has 1 rings (SSSR count). The Hall–Kier alpha value is -1.32. The maximum Gasteiger partial charge on any atom is 0.224 e. The Bertz CT molecular complexity index is 218. The summed E-state index contributed by atoms with van der Waals surface area (Å²) in [6, 6.07) is 0. The van der Waals surface area contributed by atoms with Crippen LogP contribution in [0.15, 0.2) is 12.4 Å². The molecule has 0 aliphatic heterocycles. The molecule has 0 saturated heterocycles. The quantitative estimate of drug-likeness (QED) is 0.684. The zero-order chi connectivity index (χ0) is 8.10. The molecule has 0 atom stereocenters. The predicted molar refractivity (Wildman–Crippen MR) is 42.1 cm³/mol. The second-order valence-electron chi connectivity index (χ2n) is 2.29. The van der Waals surface area contributed by atoms with E-state index in [9.17, 15) is 4.79 Å². The Morgan fingerprint density at radius 3 is 3.18 bits per heavy atom. The number of aromatic amines is 1. The summed E-state index contributed by atoms with van der Waals surface area (Å²) < 4.78 is 0. The fourth-order valence-corrected chi connectivity index (χ4v) is 0.770. The number of hydrogen-bond donors (Lipinski definition) is 2. The normalized spacial score (nSPS) is 9.55. The molecule has 0 unspecified atom stereocenters. The van der Waals surface area contributed by atoms with E-state index in [1.807, 2.05) is 6.92 Å². The van der Waals surface area contributed by atoms with Crippen molar-refractivity contribution in [3.63, 3.8) is 0 Å². The highest BCUT2D eigenvalue weighted by molar-refractivity contribution is 5.90. The molecule has 0 aromatic carbocycles. The number of amides is 1. The van der Waals surface area contributed by atoms with Crippen molar-refractivity contribution in [3.8, 4) is 0 Å². The van der Waals surface area contributed by atoms with Crippen LogP contribution in [-0.2, 0) is 4.79 Å². The molecule has 1 aromatic rings. The zero-order valence-corrected chi connectivity index (χ0v) is 6.42. The first-order valence-electron chi connectivity index (χ1n) is 3.61. The summed E-state index contributed by atoms with van der Waals surface area (Å²) in [5.74, 6) is 0.0360. The van der Waals surface area contributed by atoms with Crippen LogP contribution in [0, 0.1) is 0 Å². The molecule has 0 aliphatic carbocycles. The van der Waals surface area contributed by atoms with Crippen molar-refractivity contribution in [2.24, 2.45) is 0 Å². The second-order valence-corrected chi connectivity index (χ2v) is 2.29. The van der Waals surface area contributed by atoms with Crippen molar-refractivity contribution in [1.29, 1.82) is 0 Å². The maximum atomic E-state index is 11.0. The highest BCUT2D eigenvalue weighted by atomic mass is 16.1. The van der Waals surface area contributed by atoms with Crippen LogP contribution in [0.5, 0.6) is 0 Å². The number of rotatable bonds is 3. The van der Waals surface area contributed by atoms with Gasteiger partial charge in [0.1, 0.15) is 0 Å². The van der Waals surface area contributed by atoms with Crippen LogP contribution < -0.4 is 5.32 Å². The predicted octanol–water partition coefficient (Wildman–Crippen LogP) is 1.15. The number of nitrogens with zero attached hydrogens (tertiary/aromatic N) is 1. The molecule has 0 radical (unpaired) electrons. The standard InChI is InChI=1S/C7H11N3O/c1-2-3-7(11)10-6-4-8-9-5-6/h4-5H,2-3H2,1H3,(H,8,9)(H,10,11). The monoisotopic (exact) mass is 153 g/mol. The third kappa shape index (κ3) is 2.41. The minimum absolute atomic E-state index is 0.0360. The molecule has 2 N–H and O–H groups in total. The van der Waals surface area contributed by atoms with Crippen LogP contribution in [0.1, 0.15) is 19.8 Å². The van der Waals surface area contributed by atoms with E-state index in [0.717, 1.165) is 12.1 Å². The van der Waals surface area contributed by atoms with E-state index in [0.29, 0.717) is 6.42 Å². The lowest BCUT2D eigenvalue weighted by Gasteiger charge is -1.97. The van der Waals surface area contributed by atoms with Gasteiger partial charge in [-0.25, -0.2) is 0 Å². The highest BCUT2D eigenvalue weighted by Gasteiger charge is 1.99. The first-order valence-corrected chi connectivity index (χ1v) is 3.61. The van der Waals surface area contributed by atoms with Crippen LogP contribution in [0.2, 0.25) is 0 Å². The average molecular weight is 153 g/mol. The summed E-state index contributed by atoms with van der Waals surface area (Å²) in [4.78, 5) is 11.0. The van der Waals surface area contributed by atoms with Gasteiger partial charge in [0.15, 0.2) is 0 Å². The van der Waals surface area contributed by atoms with E-state index in [2.05, 4.69) is 15.5 Å². The molecule has 0 saturated carbocycles. The van der Waals surface area contributed by atoms with Gasteiger partial charge in [-0.1, -0.05) is 6.92 Å². The number of hydrogen-bond acceptors (Lipinski definition) is 2. The van der Waals surface area contributed by atoms with Gasteiger partial charge in [-0.3, -0.25) is 9.89 Å². The number of carbonyl (C=O) groups excluding carboxylic acids is 1. The van der Waals surface area contributed by atoms with Gasteiger partial charge in [0.25, 0.3) is 0 Å². The summed E-state index contributed by atoms with van der Waals surface area (Å²) in [7, 11) is 0. The summed E-state index contributed by atoms with van der Waals surface area (Å²) >= 11 is 0. The summed E-state index contributed by atoms with van der Waals surface area (Å²) in [5.41, 5.74) is 0.725. The molecule has 4 heteroatoms. The van der Waals surface area contributed by atoms with Crippen LogP contribution in [0.25, 0.3) is 0 Å². The van der Waals surface area contributed by atoms with Gasteiger partial charge in [-0.2, -0.15) is 5.10 Å². The fourth-order valence-electron chi connectivity index (χ4n) is 0.770. The van der Waals surface area contributed by atoms with Gasteiger partial charge in [0, 0.05) is 12.6 Å². The third-order valence-electron chi connectivity index (χ3n) is 1.26. The summed E-state index contributed by atoms with van der Waals surface area (Å²) in [6.45, 7) is 1.97. The van der Waals surface area contributed by atoms with E-state index in [1.54, 1.807) is 12.4 Å². The first-order chi connectivity index (χ1) is 5.33. The topological polar surface area (TPSA) is 57.8 Å². The Kier molecular flexibility index (Phi) is 2.66. The Morgan fingerprint density at radius 2 is 2.64 bits per heavy atom. The molecule has 4 nitrogen and oxygen atoms in total. The molecule has 11 heavy (non-hydrogen) atoms. The van der Waals surface area contributed by atoms with E-state index >= 15 is 0 Å². The fraction of sp³-hybridized carbons (Fsp3) is 0.429. The lowest BCUT2D eigenvalue weighted by atomic mass is 10.3. The second kappa shape index (κ2) is 3.75. The Labute approximate surface area is 65.0 Å². The van der Waals surface area contributed by atoms with Crippen molar-refractivity contribution < 1.29 is 4.79 Å². The first kappa shape index (κ1) is 7.78. The number of carbonyl (C=O) groups is 1. The van der Waals surface area contributed by atoms with Crippen LogP contribution >= 0.6 is 0 Å². The van der Waals surface area contributed by atoms with Crippen molar-refractivity contribution in [2.45, 2.75) is 19.8 Å². The van der Waals surface area contributed by atoms with Crippen LogP contribution in [0.4, 0.5) is 5.69 Å². The van der Waals surface area contributed by atoms with E-state index < -0.39 is 0 Å². The SMILES string of the molecule is CCCC(=O)Nc1cn[nH]c1. The van der Waals surface area contributed by atoms with Crippen LogP contribution in [-0.4, -0.2) is 16.1 Å². The lowest BCUT2D eigenvalue weighted by Crippen LogP contribution is -2.09. The number of anilines is 1. The number of aromatic nitrogens is 2. The molecule has 0 spiro atoms. The molecule has 0 fully saturated rings. The maximum absolute atomic E-state index is 11.0. The van der Waals surface area contributed by atoms with Crippen molar-refractivity contribution in [1.82, 2.24) is 10.2 Å². The molecule has 1 aromatic heterocycles. The largest absolute Gasteiger partial charge is 0.323 e. The van der Waals surface area contributed by atoms with Crippen molar-refractivity contribution >= 4 is 11.6 Å². The smallest absolute Gasteiger partial charge is 0.224 e. The minimum atomic E-state index is 0.0360. The Morgan fingerprint density at radius 1 is 1.82 bits per heavy atom. The molecular formula is C7H11N3O. The zero-order valence-electron chi connectivity index (χ0n) is 6.42. The highest BCUT2D eigenvalue weighted by Crippen LogP contribution is 2.01. The Balaban J connectivity index is 2.37. The summed E-state index contributed by atoms with van der Waals surface area (Å²) in [6.07, 6.45) is 4.65. The van der Waals surface area contributed by atoms with Gasteiger partial charge in [0.2, 0.25) is 5.91 Å². The van der Waals surface area contributed by atoms with Gasteiger partial charge >= 0.3 is 0 Å². The van der Waals surface area contributed by atoms with Crippen LogP contribution in [0.3, 0.4) is 0 Å². The van der Waals surface area contributed by atoms with E-state index in [4.69, 9.17) is 0 Å². The van der Waals surface area contributed by atoms with E-state index in [1.165, 1.54) is 0 Å². The van der Waals surface area contributed by atoms with Gasteiger partial charge < -0.3 is 5.32 Å².